The van der Waals surface area contributed by atoms with Crippen LogP contribution in [0, 0.1) is 0 Å². The first-order valence-corrected chi connectivity index (χ1v) is 5.57. The number of hydrogen-bond acceptors (Lipinski definition) is 2. The van der Waals surface area contributed by atoms with Crippen LogP contribution in [0.2, 0.25) is 0 Å². The average molecular weight is 284 g/mol. The molecule has 0 heterocycles. The standard InChI is InChI=1S/C12H14BrNO2/c1-4-12(15)14(2)8-9-7-10(13)5-6-11(9)16-3/h4-7H,1,8H2,2-3H3. The van der Waals surface area contributed by atoms with Gasteiger partial charge in [-0.15, -0.1) is 0 Å². The molecule has 1 amide bonds. The molecule has 0 atom stereocenters. The van der Waals surface area contributed by atoms with Crippen molar-refractivity contribution in [2.24, 2.45) is 0 Å². The maximum Gasteiger partial charge on any atom is 0.245 e. The van der Waals surface area contributed by atoms with Gasteiger partial charge in [-0.25, -0.2) is 0 Å². The van der Waals surface area contributed by atoms with Crippen molar-refractivity contribution in [3.63, 3.8) is 0 Å². The quantitative estimate of drug-likeness (QED) is 0.795. The highest BCUT2D eigenvalue weighted by Crippen LogP contribution is 2.23. The van der Waals surface area contributed by atoms with Crippen molar-refractivity contribution in [3.05, 3.63) is 40.9 Å². The number of rotatable bonds is 4. The van der Waals surface area contributed by atoms with Crippen LogP contribution in [0.5, 0.6) is 5.75 Å². The highest BCUT2D eigenvalue weighted by molar-refractivity contribution is 9.10. The zero-order chi connectivity index (χ0) is 12.1. The molecule has 0 unspecified atom stereocenters. The van der Waals surface area contributed by atoms with Gasteiger partial charge in [0.1, 0.15) is 5.75 Å². The molecule has 0 aliphatic carbocycles. The Labute approximate surface area is 104 Å². The van der Waals surface area contributed by atoms with Crippen molar-refractivity contribution < 1.29 is 9.53 Å². The second-order valence-corrected chi connectivity index (χ2v) is 4.27. The van der Waals surface area contributed by atoms with E-state index in [2.05, 4.69) is 22.5 Å². The average Bonchev–Trinajstić information content (AvgIpc) is 2.28. The summed E-state index contributed by atoms with van der Waals surface area (Å²) in [6.45, 7) is 3.95. The van der Waals surface area contributed by atoms with Gasteiger partial charge < -0.3 is 9.64 Å². The summed E-state index contributed by atoms with van der Waals surface area (Å²) in [6, 6.07) is 5.70. The van der Waals surface area contributed by atoms with E-state index in [4.69, 9.17) is 4.74 Å². The van der Waals surface area contributed by atoms with Gasteiger partial charge in [-0.05, 0) is 24.3 Å². The van der Waals surface area contributed by atoms with Gasteiger partial charge in [-0.2, -0.15) is 0 Å². The van der Waals surface area contributed by atoms with E-state index in [-0.39, 0.29) is 5.91 Å². The number of hydrogen-bond donors (Lipinski definition) is 0. The molecule has 0 aromatic heterocycles. The van der Waals surface area contributed by atoms with Gasteiger partial charge in [0.15, 0.2) is 0 Å². The lowest BCUT2D eigenvalue weighted by Crippen LogP contribution is -2.24. The molecule has 4 heteroatoms. The molecule has 0 radical (unpaired) electrons. The van der Waals surface area contributed by atoms with E-state index in [9.17, 15) is 4.79 Å². The molecule has 0 saturated heterocycles. The number of amides is 1. The molecule has 1 aromatic rings. The maximum atomic E-state index is 11.4. The predicted molar refractivity (Wildman–Crippen MR) is 67.4 cm³/mol. The zero-order valence-corrected chi connectivity index (χ0v) is 11.0. The number of ether oxygens (including phenoxy) is 1. The van der Waals surface area contributed by atoms with E-state index in [1.807, 2.05) is 18.2 Å². The summed E-state index contributed by atoms with van der Waals surface area (Å²) in [7, 11) is 3.34. The van der Waals surface area contributed by atoms with Crippen LogP contribution in [0.15, 0.2) is 35.3 Å². The Morgan fingerprint density at radius 1 is 1.62 bits per heavy atom. The fourth-order valence-corrected chi connectivity index (χ4v) is 1.77. The zero-order valence-electron chi connectivity index (χ0n) is 9.37. The van der Waals surface area contributed by atoms with Gasteiger partial charge in [0.05, 0.1) is 7.11 Å². The van der Waals surface area contributed by atoms with Crippen molar-refractivity contribution in [3.8, 4) is 5.75 Å². The molecule has 0 spiro atoms. The minimum Gasteiger partial charge on any atom is -0.496 e. The Kier molecular flexibility index (Phi) is 4.55. The van der Waals surface area contributed by atoms with Gasteiger partial charge in [-0.1, -0.05) is 22.5 Å². The van der Waals surface area contributed by atoms with Crippen LogP contribution in [0.1, 0.15) is 5.56 Å². The van der Waals surface area contributed by atoms with Gasteiger partial charge in [0, 0.05) is 23.6 Å². The van der Waals surface area contributed by atoms with Crippen molar-refractivity contribution in [2.75, 3.05) is 14.2 Å². The summed E-state index contributed by atoms with van der Waals surface area (Å²) in [4.78, 5) is 12.9. The Morgan fingerprint density at radius 2 is 2.31 bits per heavy atom. The third-order valence-corrected chi connectivity index (χ3v) is 2.69. The normalized spacial score (nSPS) is 9.69. The number of halogens is 1. The molecule has 1 rings (SSSR count). The van der Waals surface area contributed by atoms with Crippen LogP contribution in [-0.2, 0) is 11.3 Å². The van der Waals surface area contributed by atoms with Gasteiger partial charge in [-0.3, -0.25) is 4.79 Å². The van der Waals surface area contributed by atoms with E-state index < -0.39 is 0 Å². The van der Waals surface area contributed by atoms with E-state index in [0.29, 0.717) is 6.54 Å². The Balaban J connectivity index is 2.90. The highest BCUT2D eigenvalue weighted by Gasteiger charge is 2.09. The van der Waals surface area contributed by atoms with Gasteiger partial charge >= 0.3 is 0 Å². The highest BCUT2D eigenvalue weighted by atomic mass is 79.9. The van der Waals surface area contributed by atoms with Crippen molar-refractivity contribution in [1.29, 1.82) is 0 Å². The fourth-order valence-electron chi connectivity index (χ4n) is 1.36. The number of nitrogens with zero attached hydrogens (tertiary/aromatic N) is 1. The number of methoxy groups -OCH3 is 1. The van der Waals surface area contributed by atoms with Crippen molar-refractivity contribution in [1.82, 2.24) is 4.90 Å². The molecule has 0 bridgehead atoms. The molecular weight excluding hydrogens is 270 g/mol. The van der Waals surface area contributed by atoms with E-state index >= 15 is 0 Å². The van der Waals surface area contributed by atoms with Gasteiger partial charge in [0.2, 0.25) is 5.91 Å². The topological polar surface area (TPSA) is 29.5 Å². The minimum atomic E-state index is -0.109. The van der Waals surface area contributed by atoms with E-state index in [1.54, 1.807) is 19.1 Å². The third kappa shape index (κ3) is 3.10. The Bertz CT molecular complexity index is 404. The number of carbonyl (C=O) groups is 1. The van der Waals surface area contributed by atoms with Crippen molar-refractivity contribution >= 4 is 21.8 Å². The first-order valence-electron chi connectivity index (χ1n) is 4.78. The molecule has 1 aromatic carbocycles. The molecular formula is C12H14BrNO2. The summed E-state index contributed by atoms with van der Waals surface area (Å²) in [5, 5.41) is 0. The summed E-state index contributed by atoms with van der Waals surface area (Å²) in [5.41, 5.74) is 0.953. The van der Waals surface area contributed by atoms with Crippen molar-refractivity contribution in [2.45, 2.75) is 6.54 Å². The summed E-state index contributed by atoms with van der Waals surface area (Å²) in [6.07, 6.45) is 1.30. The van der Waals surface area contributed by atoms with E-state index in [0.717, 1.165) is 15.8 Å². The Hall–Kier alpha value is -1.29. The monoisotopic (exact) mass is 283 g/mol. The summed E-state index contributed by atoms with van der Waals surface area (Å²) >= 11 is 3.39. The fraction of sp³-hybridized carbons (Fsp3) is 0.250. The second kappa shape index (κ2) is 5.70. The van der Waals surface area contributed by atoms with Crippen LogP contribution in [0.4, 0.5) is 0 Å². The lowest BCUT2D eigenvalue weighted by atomic mass is 10.2. The Morgan fingerprint density at radius 3 is 2.88 bits per heavy atom. The van der Waals surface area contributed by atoms with Crippen LogP contribution in [0.25, 0.3) is 0 Å². The molecule has 16 heavy (non-hydrogen) atoms. The number of benzene rings is 1. The SMILES string of the molecule is C=CC(=O)N(C)Cc1cc(Br)ccc1OC. The molecule has 0 saturated carbocycles. The lowest BCUT2D eigenvalue weighted by molar-refractivity contribution is -0.125. The smallest absolute Gasteiger partial charge is 0.245 e. The lowest BCUT2D eigenvalue weighted by Gasteiger charge is -2.17. The largest absolute Gasteiger partial charge is 0.496 e. The molecule has 0 fully saturated rings. The third-order valence-electron chi connectivity index (χ3n) is 2.20. The first kappa shape index (κ1) is 12.8. The summed E-state index contributed by atoms with van der Waals surface area (Å²) in [5.74, 6) is 0.661. The molecule has 0 aliphatic rings. The number of carbonyl (C=O) groups excluding carboxylic acids is 1. The van der Waals surface area contributed by atoms with Crippen LogP contribution >= 0.6 is 15.9 Å². The minimum absolute atomic E-state index is 0.109. The molecule has 0 N–H and O–H groups in total. The van der Waals surface area contributed by atoms with Crippen LogP contribution < -0.4 is 4.74 Å². The first-order chi connectivity index (χ1) is 7.58. The maximum absolute atomic E-state index is 11.4. The second-order valence-electron chi connectivity index (χ2n) is 3.35. The summed E-state index contributed by atoms with van der Waals surface area (Å²) < 4.78 is 6.19. The predicted octanol–water partition coefficient (Wildman–Crippen LogP) is 2.60. The molecule has 0 aliphatic heterocycles. The number of likely N-dealkylation sites (N-methyl/N-ethyl adjacent to an activating group) is 1. The molecule has 3 nitrogen and oxygen atoms in total. The van der Waals surface area contributed by atoms with E-state index in [1.165, 1.54) is 6.08 Å². The van der Waals surface area contributed by atoms with Crippen LogP contribution in [0.3, 0.4) is 0 Å². The van der Waals surface area contributed by atoms with Gasteiger partial charge in [0.25, 0.3) is 0 Å². The van der Waals surface area contributed by atoms with Crippen LogP contribution in [-0.4, -0.2) is 25.0 Å². The molecule has 86 valence electrons.